The second-order valence-corrected chi connectivity index (χ2v) is 4.13. The molecule has 0 N–H and O–H groups in total. The number of thiophene rings is 1. The molecule has 1 aromatic carbocycles. The van der Waals surface area contributed by atoms with Gasteiger partial charge in [-0.15, -0.1) is 0 Å². The molecule has 1 aromatic heterocycles. The lowest BCUT2D eigenvalue weighted by atomic mass is 10.2. The minimum Gasteiger partial charge on any atom is -0.486 e. The molecule has 78 valence electrons. The highest BCUT2D eigenvalue weighted by Crippen LogP contribution is 2.20. The van der Waals surface area contributed by atoms with Gasteiger partial charge in [0.15, 0.2) is 11.6 Å². The maximum absolute atomic E-state index is 13.3. The summed E-state index contributed by atoms with van der Waals surface area (Å²) in [6, 6.07) is 6.84. The first-order chi connectivity index (χ1) is 7.25. The van der Waals surface area contributed by atoms with Crippen LogP contribution in [0, 0.1) is 12.7 Å². The van der Waals surface area contributed by atoms with Gasteiger partial charge in [-0.25, -0.2) is 4.39 Å². The van der Waals surface area contributed by atoms with Gasteiger partial charge in [0.25, 0.3) is 0 Å². The maximum Gasteiger partial charge on any atom is 0.165 e. The number of halogens is 1. The lowest BCUT2D eigenvalue weighted by Gasteiger charge is -2.06. The Bertz CT molecular complexity index is 437. The summed E-state index contributed by atoms with van der Waals surface area (Å²) >= 11 is 1.61. The molecule has 0 bridgehead atoms. The van der Waals surface area contributed by atoms with E-state index in [2.05, 4.69) is 0 Å². The third-order valence-corrected chi connectivity index (χ3v) is 2.79. The summed E-state index contributed by atoms with van der Waals surface area (Å²) in [5.41, 5.74) is 2.07. The van der Waals surface area contributed by atoms with Crippen molar-refractivity contribution in [3.05, 3.63) is 52.0 Å². The molecule has 0 aliphatic carbocycles. The quantitative estimate of drug-likeness (QED) is 0.768. The molecule has 1 heterocycles. The van der Waals surface area contributed by atoms with Crippen LogP contribution >= 0.6 is 11.3 Å². The number of benzene rings is 1. The van der Waals surface area contributed by atoms with E-state index in [1.807, 2.05) is 23.8 Å². The smallest absolute Gasteiger partial charge is 0.165 e. The number of aryl methyl sites for hydroxylation is 1. The van der Waals surface area contributed by atoms with Gasteiger partial charge in [-0.1, -0.05) is 6.07 Å². The summed E-state index contributed by atoms with van der Waals surface area (Å²) in [6.07, 6.45) is 0. The van der Waals surface area contributed by atoms with Gasteiger partial charge < -0.3 is 4.74 Å². The van der Waals surface area contributed by atoms with Gasteiger partial charge in [0.2, 0.25) is 0 Å². The zero-order valence-electron chi connectivity index (χ0n) is 8.37. The fourth-order valence-corrected chi connectivity index (χ4v) is 1.91. The van der Waals surface area contributed by atoms with Crippen molar-refractivity contribution in [1.29, 1.82) is 0 Å². The summed E-state index contributed by atoms with van der Waals surface area (Å²) in [7, 11) is 0. The first kappa shape index (κ1) is 10.2. The molecule has 0 fully saturated rings. The molecule has 2 rings (SSSR count). The van der Waals surface area contributed by atoms with E-state index in [9.17, 15) is 4.39 Å². The molecule has 0 aliphatic heterocycles. The Balaban J connectivity index is 2.07. The summed E-state index contributed by atoms with van der Waals surface area (Å²) in [5.74, 6) is 0.0111. The maximum atomic E-state index is 13.3. The summed E-state index contributed by atoms with van der Waals surface area (Å²) in [4.78, 5) is 0. The van der Waals surface area contributed by atoms with Gasteiger partial charge in [0.05, 0.1) is 0 Å². The van der Waals surface area contributed by atoms with Gasteiger partial charge in [-0.05, 0) is 47.0 Å². The van der Waals surface area contributed by atoms with Gasteiger partial charge in [-0.3, -0.25) is 0 Å². The standard InChI is InChI=1S/C12H11FOS/c1-9-2-3-11(13)12(6-9)14-7-10-4-5-15-8-10/h2-6,8H,7H2,1H3. The molecule has 15 heavy (non-hydrogen) atoms. The van der Waals surface area contributed by atoms with Crippen LogP contribution in [0.2, 0.25) is 0 Å². The molecule has 0 unspecified atom stereocenters. The lowest BCUT2D eigenvalue weighted by molar-refractivity contribution is 0.290. The molecule has 0 saturated carbocycles. The molecule has 0 radical (unpaired) electrons. The van der Waals surface area contributed by atoms with Crippen LogP contribution in [-0.4, -0.2) is 0 Å². The second-order valence-electron chi connectivity index (χ2n) is 3.35. The highest BCUT2D eigenvalue weighted by Gasteiger charge is 2.03. The summed E-state index contributed by atoms with van der Waals surface area (Å²) in [6.45, 7) is 2.33. The summed E-state index contributed by atoms with van der Waals surface area (Å²) < 4.78 is 18.7. The SMILES string of the molecule is Cc1ccc(F)c(OCc2ccsc2)c1. The average Bonchev–Trinajstić information content (AvgIpc) is 2.72. The van der Waals surface area contributed by atoms with E-state index in [-0.39, 0.29) is 5.82 Å². The topological polar surface area (TPSA) is 9.23 Å². The van der Waals surface area contributed by atoms with Crippen molar-refractivity contribution >= 4 is 11.3 Å². The molecular weight excluding hydrogens is 211 g/mol. The van der Waals surface area contributed by atoms with E-state index in [1.54, 1.807) is 23.5 Å². The fraction of sp³-hybridized carbons (Fsp3) is 0.167. The minimum atomic E-state index is -0.309. The van der Waals surface area contributed by atoms with Crippen LogP contribution in [0.1, 0.15) is 11.1 Å². The van der Waals surface area contributed by atoms with Crippen LogP contribution in [0.15, 0.2) is 35.0 Å². The van der Waals surface area contributed by atoms with Crippen molar-refractivity contribution in [2.45, 2.75) is 13.5 Å². The van der Waals surface area contributed by atoms with Gasteiger partial charge in [0.1, 0.15) is 6.61 Å². The number of rotatable bonds is 3. The third-order valence-electron chi connectivity index (χ3n) is 2.06. The van der Waals surface area contributed by atoms with E-state index >= 15 is 0 Å². The largest absolute Gasteiger partial charge is 0.486 e. The highest BCUT2D eigenvalue weighted by molar-refractivity contribution is 7.07. The van der Waals surface area contributed by atoms with Crippen LogP contribution in [0.4, 0.5) is 4.39 Å². The summed E-state index contributed by atoms with van der Waals surface area (Å²) in [5, 5.41) is 3.97. The second kappa shape index (κ2) is 4.45. The normalized spacial score (nSPS) is 10.3. The zero-order valence-corrected chi connectivity index (χ0v) is 9.18. The van der Waals surface area contributed by atoms with Crippen molar-refractivity contribution in [1.82, 2.24) is 0 Å². The Kier molecular flexibility index (Phi) is 3.02. The van der Waals surface area contributed by atoms with E-state index in [0.29, 0.717) is 12.4 Å². The minimum absolute atomic E-state index is 0.309. The molecule has 0 atom stereocenters. The lowest BCUT2D eigenvalue weighted by Crippen LogP contribution is -1.96. The molecule has 0 aliphatic rings. The Morgan fingerprint density at radius 2 is 2.20 bits per heavy atom. The fourth-order valence-electron chi connectivity index (χ4n) is 1.26. The third kappa shape index (κ3) is 2.57. The van der Waals surface area contributed by atoms with Crippen molar-refractivity contribution in [2.75, 3.05) is 0 Å². The average molecular weight is 222 g/mol. The highest BCUT2D eigenvalue weighted by atomic mass is 32.1. The first-order valence-electron chi connectivity index (χ1n) is 4.66. The van der Waals surface area contributed by atoms with Crippen molar-refractivity contribution in [3.63, 3.8) is 0 Å². The van der Waals surface area contributed by atoms with Gasteiger partial charge in [-0.2, -0.15) is 11.3 Å². The number of ether oxygens (including phenoxy) is 1. The molecule has 0 amide bonds. The van der Waals surface area contributed by atoms with E-state index in [1.165, 1.54) is 6.07 Å². The molecule has 0 saturated heterocycles. The zero-order chi connectivity index (χ0) is 10.7. The van der Waals surface area contributed by atoms with Crippen LogP contribution < -0.4 is 4.74 Å². The van der Waals surface area contributed by atoms with Crippen molar-refractivity contribution in [3.8, 4) is 5.75 Å². The van der Waals surface area contributed by atoms with Gasteiger partial charge in [0, 0.05) is 0 Å². The molecular formula is C12H11FOS. The van der Waals surface area contributed by atoms with Crippen molar-refractivity contribution < 1.29 is 9.13 Å². The van der Waals surface area contributed by atoms with Crippen LogP contribution in [0.5, 0.6) is 5.75 Å². The molecule has 1 nitrogen and oxygen atoms in total. The Hall–Kier alpha value is -1.35. The molecule has 0 spiro atoms. The van der Waals surface area contributed by atoms with Crippen LogP contribution in [0.25, 0.3) is 0 Å². The Labute approximate surface area is 92.1 Å². The monoisotopic (exact) mass is 222 g/mol. The van der Waals surface area contributed by atoms with Crippen LogP contribution in [0.3, 0.4) is 0 Å². The first-order valence-corrected chi connectivity index (χ1v) is 5.60. The number of hydrogen-bond donors (Lipinski definition) is 0. The molecule has 3 heteroatoms. The Morgan fingerprint density at radius 3 is 2.93 bits per heavy atom. The molecule has 2 aromatic rings. The van der Waals surface area contributed by atoms with E-state index < -0.39 is 0 Å². The predicted molar refractivity (Wildman–Crippen MR) is 59.8 cm³/mol. The van der Waals surface area contributed by atoms with E-state index in [0.717, 1.165) is 11.1 Å². The van der Waals surface area contributed by atoms with Crippen LogP contribution in [-0.2, 0) is 6.61 Å². The predicted octanol–water partition coefficient (Wildman–Crippen LogP) is 3.77. The van der Waals surface area contributed by atoms with E-state index in [4.69, 9.17) is 4.74 Å². The Morgan fingerprint density at radius 1 is 1.33 bits per heavy atom. The number of hydrogen-bond acceptors (Lipinski definition) is 2. The van der Waals surface area contributed by atoms with Gasteiger partial charge >= 0.3 is 0 Å². The van der Waals surface area contributed by atoms with Crippen molar-refractivity contribution in [2.24, 2.45) is 0 Å².